The number of ether oxygens (including phenoxy) is 1. The lowest BCUT2D eigenvalue weighted by Gasteiger charge is -2.13. The number of rotatable bonds is 2. The van der Waals surface area contributed by atoms with Crippen LogP contribution in [0.1, 0.15) is 24.8 Å². The molecule has 2 heteroatoms. The van der Waals surface area contributed by atoms with Gasteiger partial charge in [-0.1, -0.05) is 18.2 Å². The summed E-state index contributed by atoms with van der Waals surface area (Å²) in [6, 6.07) is 7.87. The molecule has 0 aromatic heterocycles. The maximum absolute atomic E-state index is 12.1. The summed E-state index contributed by atoms with van der Waals surface area (Å²) in [5, 5.41) is 0. The fraction of sp³-hybridized carbons (Fsp3) is 0.400. The fourth-order valence-electron chi connectivity index (χ4n) is 3.08. The molecular formula is C15H16O2. The molecular weight excluding hydrogens is 212 g/mol. The van der Waals surface area contributed by atoms with Crippen LogP contribution in [0.2, 0.25) is 0 Å². The van der Waals surface area contributed by atoms with Crippen LogP contribution < -0.4 is 4.74 Å². The first-order valence-corrected chi connectivity index (χ1v) is 6.18. The van der Waals surface area contributed by atoms with Crippen LogP contribution in [-0.2, 0) is 4.79 Å². The number of methoxy groups -OCH3 is 1. The van der Waals surface area contributed by atoms with Gasteiger partial charge < -0.3 is 4.74 Å². The molecule has 0 amide bonds. The molecule has 1 aromatic rings. The third-order valence-corrected chi connectivity index (χ3v) is 3.98. The van der Waals surface area contributed by atoms with E-state index in [9.17, 15) is 4.79 Å². The summed E-state index contributed by atoms with van der Waals surface area (Å²) in [6.45, 7) is 0. The van der Waals surface area contributed by atoms with Crippen LogP contribution in [-0.4, -0.2) is 12.9 Å². The van der Waals surface area contributed by atoms with E-state index >= 15 is 0 Å². The zero-order valence-corrected chi connectivity index (χ0v) is 9.98. The molecule has 17 heavy (non-hydrogen) atoms. The predicted octanol–water partition coefficient (Wildman–Crippen LogP) is 3.08. The number of Topliss-reactive ketones (excluding diaryl/α,β-unsaturated/α-hetero) is 1. The maximum Gasteiger partial charge on any atom is 0.162 e. The number of benzene rings is 1. The van der Waals surface area contributed by atoms with Gasteiger partial charge in [-0.05, 0) is 42.9 Å². The average Bonchev–Trinajstić information content (AvgIpc) is 2.93. The van der Waals surface area contributed by atoms with Gasteiger partial charge in [-0.15, -0.1) is 0 Å². The third kappa shape index (κ3) is 1.68. The van der Waals surface area contributed by atoms with E-state index < -0.39 is 0 Å². The molecule has 0 N–H and O–H groups in total. The number of para-hydroxylation sites is 1. The van der Waals surface area contributed by atoms with Crippen LogP contribution in [0.5, 0.6) is 5.75 Å². The number of hydrogen-bond donors (Lipinski definition) is 0. The predicted molar refractivity (Wildman–Crippen MR) is 66.8 cm³/mol. The number of carbonyl (C=O) groups excluding carboxylic acids is 1. The van der Waals surface area contributed by atoms with Gasteiger partial charge >= 0.3 is 0 Å². The van der Waals surface area contributed by atoms with Crippen LogP contribution in [0.15, 0.2) is 29.8 Å². The molecule has 0 saturated heterocycles. The Morgan fingerprint density at radius 3 is 2.71 bits per heavy atom. The van der Waals surface area contributed by atoms with Gasteiger partial charge in [0.25, 0.3) is 0 Å². The Hall–Kier alpha value is -1.57. The Morgan fingerprint density at radius 1 is 1.24 bits per heavy atom. The molecule has 2 atom stereocenters. The normalized spacial score (nSPS) is 29.0. The van der Waals surface area contributed by atoms with Crippen molar-refractivity contribution in [1.82, 2.24) is 0 Å². The summed E-state index contributed by atoms with van der Waals surface area (Å²) in [6.07, 6.45) is 5.37. The van der Waals surface area contributed by atoms with Gasteiger partial charge in [0.15, 0.2) is 5.78 Å². The van der Waals surface area contributed by atoms with E-state index in [1.165, 1.54) is 6.42 Å². The van der Waals surface area contributed by atoms with E-state index in [1.807, 2.05) is 30.3 Å². The number of carbonyl (C=O) groups is 1. The molecule has 88 valence electrons. The van der Waals surface area contributed by atoms with E-state index in [-0.39, 0.29) is 0 Å². The number of allylic oxidation sites excluding steroid dienone is 1. The summed E-state index contributed by atoms with van der Waals surface area (Å²) >= 11 is 0. The molecule has 2 unspecified atom stereocenters. The largest absolute Gasteiger partial charge is 0.496 e. The van der Waals surface area contributed by atoms with Crippen molar-refractivity contribution in [2.75, 3.05) is 7.11 Å². The SMILES string of the molecule is COc1ccccc1C=C1C(=O)C2CCC1C2. The van der Waals surface area contributed by atoms with Crippen molar-refractivity contribution >= 4 is 11.9 Å². The van der Waals surface area contributed by atoms with E-state index in [2.05, 4.69) is 0 Å². The Morgan fingerprint density at radius 2 is 2.00 bits per heavy atom. The van der Waals surface area contributed by atoms with Crippen LogP contribution >= 0.6 is 0 Å². The van der Waals surface area contributed by atoms with E-state index in [0.717, 1.165) is 29.7 Å². The molecule has 2 bridgehead atoms. The molecule has 1 aromatic carbocycles. The molecule has 0 heterocycles. The van der Waals surface area contributed by atoms with Crippen molar-refractivity contribution in [3.63, 3.8) is 0 Å². The monoisotopic (exact) mass is 228 g/mol. The van der Waals surface area contributed by atoms with E-state index in [1.54, 1.807) is 7.11 Å². The van der Waals surface area contributed by atoms with Gasteiger partial charge in [-0.25, -0.2) is 0 Å². The first-order chi connectivity index (χ1) is 8.29. The summed E-state index contributed by atoms with van der Waals surface area (Å²) in [5.74, 6) is 2.01. The quantitative estimate of drug-likeness (QED) is 0.727. The van der Waals surface area contributed by atoms with Crippen molar-refractivity contribution in [3.05, 3.63) is 35.4 Å². The minimum absolute atomic E-state index is 0.306. The minimum atomic E-state index is 0.306. The lowest BCUT2D eigenvalue weighted by molar-refractivity contribution is -0.118. The zero-order valence-electron chi connectivity index (χ0n) is 9.98. The number of hydrogen-bond acceptors (Lipinski definition) is 2. The molecule has 2 aliphatic rings. The minimum Gasteiger partial charge on any atom is -0.496 e. The van der Waals surface area contributed by atoms with Gasteiger partial charge in [0.2, 0.25) is 0 Å². The Labute approximate surface area is 101 Å². The topological polar surface area (TPSA) is 26.3 Å². The molecule has 2 fully saturated rings. The zero-order chi connectivity index (χ0) is 11.8. The summed E-state index contributed by atoms with van der Waals surface area (Å²) in [7, 11) is 1.67. The van der Waals surface area contributed by atoms with Gasteiger partial charge in [0.1, 0.15) is 5.75 Å². The molecule has 2 saturated carbocycles. The van der Waals surface area contributed by atoms with Gasteiger partial charge in [-0.3, -0.25) is 4.79 Å². The van der Waals surface area contributed by atoms with Crippen molar-refractivity contribution in [3.8, 4) is 5.75 Å². The van der Waals surface area contributed by atoms with Crippen molar-refractivity contribution < 1.29 is 9.53 Å². The smallest absolute Gasteiger partial charge is 0.162 e. The van der Waals surface area contributed by atoms with E-state index in [4.69, 9.17) is 4.74 Å². The molecule has 2 aliphatic carbocycles. The van der Waals surface area contributed by atoms with Gasteiger partial charge in [0, 0.05) is 11.5 Å². The third-order valence-electron chi connectivity index (χ3n) is 3.98. The molecule has 0 aliphatic heterocycles. The highest BCUT2D eigenvalue weighted by atomic mass is 16.5. The first-order valence-electron chi connectivity index (χ1n) is 6.18. The standard InChI is InChI=1S/C15H16O2/c1-17-14-5-3-2-4-11(14)9-13-10-6-7-12(8-10)15(13)16/h2-5,9-10,12H,6-8H2,1H3. The molecule has 2 nitrogen and oxygen atoms in total. The van der Waals surface area contributed by atoms with Crippen LogP contribution in [0, 0.1) is 11.8 Å². The Bertz CT molecular complexity index is 487. The van der Waals surface area contributed by atoms with Gasteiger partial charge in [0.05, 0.1) is 7.11 Å². The van der Waals surface area contributed by atoms with Crippen LogP contribution in [0.3, 0.4) is 0 Å². The lowest BCUT2D eigenvalue weighted by Crippen LogP contribution is -2.12. The maximum atomic E-state index is 12.1. The Balaban J connectivity index is 1.98. The highest BCUT2D eigenvalue weighted by molar-refractivity contribution is 6.04. The highest BCUT2D eigenvalue weighted by Gasteiger charge is 2.42. The average molecular weight is 228 g/mol. The summed E-state index contributed by atoms with van der Waals surface area (Å²) in [4.78, 5) is 12.1. The molecule has 0 radical (unpaired) electrons. The highest BCUT2D eigenvalue weighted by Crippen LogP contribution is 2.46. The van der Waals surface area contributed by atoms with Crippen LogP contribution in [0.25, 0.3) is 6.08 Å². The van der Waals surface area contributed by atoms with Crippen molar-refractivity contribution in [2.45, 2.75) is 19.3 Å². The number of ketones is 1. The molecule has 0 spiro atoms. The van der Waals surface area contributed by atoms with Crippen molar-refractivity contribution in [1.29, 1.82) is 0 Å². The summed E-state index contributed by atoms with van der Waals surface area (Å²) < 4.78 is 5.32. The Kier molecular flexibility index (Phi) is 2.50. The first kappa shape index (κ1) is 10.6. The number of fused-ring (bicyclic) bond motifs is 2. The second kappa shape index (κ2) is 4.02. The van der Waals surface area contributed by atoms with Crippen LogP contribution in [0.4, 0.5) is 0 Å². The second-order valence-corrected chi connectivity index (χ2v) is 4.91. The van der Waals surface area contributed by atoms with Gasteiger partial charge in [-0.2, -0.15) is 0 Å². The fourth-order valence-corrected chi connectivity index (χ4v) is 3.08. The van der Waals surface area contributed by atoms with Crippen molar-refractivity contribution in [2.24, 2.45) is 11.8 Å². The van der Waals surface area contributed by atoms with E-state index in [0.29, 0.717) is 17.6 Å². The molecule has 3 rings (SSSR count). The summed E-state index contributed by atoms with van der Waals surface area (Å²) in [5.41, 5.74) is 2.04. The lowest BCUT2D eigenvalue weighted by atomic mass is 9.92. The second-order valence-electron chi connectivity index (χ2n) is 4.91.